The maximum atomic E-state index is 11.7. The van der Waals surface area contributed by atoms with Crippen LogP contribution in [0.3, 0.4) is 0 Å². The van der Waals surface area contributed by atoms with Crippen LogP contribution in [0.4, 0.5) is 16.3 Å². The lowest BCUT2D eigenvalue weighted by molar-refractivity contribution is 0.0978. The molecule has 3 heterocycles. The second-order valence-electron chi connectivity index (χ2n) is 4.78. The average molecular weight is 261 g/mol. The number of hydrogen-bond acceptors (Lipinski definition) is 5. The Morgan fingerprint density at radius 2 is 2.32 bits per heavy atom. The van der Waals surface area contributed by atoms with Crippen molar-refractivity contribution in [1.29, 1.82) is 0 Å². The Morgan fingerprint density at radius 1 is 1.53 bits per heavy atom. The van der Waals surface area contributed by atoms with Gasteiger partial charge in [0.1, 0.15) is 0 Å². The minimum Gasteiger partial charge on any atom is -0.365 e. The molecular formula is C12H15N5O2. The fourth-order valence-electron chi connectivity index (χ4n) is 2.69. The van der Waals surface area contributed by atoms with E-state index in [-0.39, 0.29) is 17.6 Å². The summed E-state index contributed by atoms with van der Waals surface area (Å²) in [4.78, 5) is 35.3. The van der Waals surface area contributed by atoms with Crippen LogP contribution in [0, 0.1) is 0 Å². The fourth-order valence-corrected chi connectivity index (χ4v) is 2.69. The van der Waals surface area contributed by atoms with Crippen LogP contribution < -0.4 is 15.5 Å². The normalized spacial score (nSPS) is 20.4. The smallest absolute Gasteiger partial charge is 0.320 e. The van der Waals surface area contributed by atoms with Crippen LogP contribution >= 0.6 is 0 Å². The topological polar surface area (TPSA) is 92.4 Å². The highest BCUT2D eigenvalue weighted by Crippen LogP contribution is 2.37. The van der Waals surface area contributed by atoms with Gasteiger partial charge in [-0.2, -0.15) is 0 Å². The molecule has 1 saturated heterocycles. The Hall–Kier alpha value is -2.18. The van der Waals surface area contributed by atoms with Crippen LogP contribution in [-0.4, -0.2) is 40.9 Å². The van der Waals surface area contributed by atoms with Crippen molar-refractivity contribution in [3.05, 3.63) is 12.0 Å². The third kappa shape index (κ3) is 1.73. The first-order chi connectivity index (χ1) is 9.11. The molecule has 0 saturated carbocycles. The first kappa shape index (κ1) is 11.9. The summed E-state index contributed by atoms with van der Waals surface area (Å²) in [6, 6.07) is -0.481. The predicted molar refractivity (Wildman–Crippen MR) is 69.3 cm³/mol. The number of primary amides is 1. The molecule has 1 aromatic rings. The van der Waals surface area contributed by atoms with E-state index < -0.39 is 6.03 Å². The van der Waals surface area contributed by atoms with Gasteiger partial charge in [0.2, 0.25) is 0 Å². The summed E-state index contributed by atoms with van der Waals surface area (Å²) in [6.45, 7) is 3.36. The van der Waals surface area contributed by atoms with Crippen LogP contribution in [0.5, 0.6) is 0 Å². The van der Waals surface area contributed by atoms with Crippen molar-refractivity contribution in [3.8, 4) is 0 Å². The molecule has 100 valence electrons. The van der Waals surface area contributed by atoms with E-state index in [1.807, 2.05) is 0 Å². The average Bonchev–Trinajstić information content (AvgIpc) is 2.81. The van der Waals surface area contributed by atoms with Gasteiger partial charge in [-0.05, 0) is 6.42 Å². The van der Waals surface area contributed by atoms with Crippen molar-refractivity contribution in [1.82, 2.24) is 9.97 Å². The van der Waals surface area contributed by atoms with Crippen molar-refractivity contribution in [2.45, 2.75) is 25.8 Å². The quantitative estimate of drug-likeness (QED) is 0.785. The molecule has 19 heavy (non-hydrogen) atoms. The molecule has 1 unspecified atom stereocenters. The van der Waals surface area contributed by atoms with Gasteiger partial charge in [0.05, 0.1) is 17.9 Å². The number of carbonyl (C=O) groups excluding carboxylic acids is 2. The number of aromatic nitrogens is 2. The van der Waals surface area contributed by atoms with Crippen molar-refractivity contribution >= 4 is 23.3 Å². The molecule has 2 aliphatic rings. The minimum absolute atomic E-state index is 0.0458. The first-order valence-electron chi connectivity index (χ1n) is 6.35. The molecule has 3 rings (SSSR count). The number of fused-ring (bicyclic) bond motifs is 4. The molecule has 0 radical (unpaired) electrons. The van der Waals surface area contributed by atoms with Crippen molar-refractivity contribution in [3.63, 3.8) is 0 Å². The van der Waals surface area contributed by atoms with Gasteiger partial charge in [-0.15, -0.1) is 0 Å². The summed E-state index contributed by atoms with van der Waals surface area (Å²) in [5.74, 6) is 0.475. The molecule has 0 aliphatic carbocycles. The summed E-state index contributed by atoms with van der Waals surface area (Å²) in [6.07, 6.45) is 2.81. The first-order valence-corrected chi connectivity index (χ1v) is 6.35. The molecule has 7 nitrogen and oxygen atoms in total. The Balaban J connectivity index is 2.11. The van der Waals surface area contributed by atoms with Crippen molar-refractivity contribution in [2.24, 2.45) is 5.73 Å². The Bertz CT molecular complexity index is 559. The molecule has 1 fully saturated rings. The third-order valence-electron chi connectivity index (χ3n) is 3.66. The molecule has 2 amide bonds. The minimum atomic E-state index is -0.526. The summed E-state index contributed by atoms with van der Waals surface area (Å²) in [5.41, 5.74) is 6.23. The number of urea groups is 1. The van der Waals surface area contributed by atoms with Crippen LogP contribution in [-0.2, 0) is 0 Å². The second kappa shape index (κ2) is 4.18. The van der Waals surface area contributed by atoms with Gasteiger partial charge in [-0.3, -0.25) is 9.69 Å². The summed E-state index contributed by atoms with van der Waals surface area (Å²) < 4.78 is 0. The monoisotopic (exact) mass is 261 g/mol. The number of amides is 2. The van der Waals surface area contributed by atoms with E-state index in [2.05, 4.69) is 14.9 Å². The molecule has 2 bridgehead atoms. The number of ketones is 1. The molecule has 2 aliphatic heterocycles. The molecule has 7 heteroatoms. The highest BCUT2D eigenvalue weighted by Gasteiger charge is 2.39. The molecule has 2 N–H and O–H groups in total. The van der Waals surface area contributed by atoms with E-state index in [1.165, 1.54) is 4.90 Å². The van der Waals surface area contributed by atoms with Crippen molar-refractivity contribution < 1.29 is 9.59 Å². The lowest BCUT2D eigenvalue weighted by atomic mass is 10.2. The van der Waals surface area contributed by atoms with E-state index in [0.717, 1.165) is 25.2 Å². The number of nitrogens with two attached hydrogens (primary N) is 1. The summed E-state index contributed by atoms with van der Waals surface area (Å²) >= 11 is 0. The SMILES string of the molecule is CCC(=O)c1ncc2c(n1)N(C(N)=O)C1CCN2C1. The maximum Gasteiger partial charge on any atom is 0.320 e. The zero-order valence-electron chi connectivity index (χ0n) is 10.7. The highest BCUT2D eigenvalue weighted by atomic mass is 16.2. The third-order valence-corrected chi connectivity index (χ3v) is 3.66. The number of hydrogen-bond donors (Lipinski definition) is 1. The molecule has 0 spiro atoms. The van der Waals surface area contributed by atoms with E-state index in [4.69, 9.17) is 5.73 Å². The number of nitrogens with zero attached hydrogens (tertiary/aromatic N) is 4. The highest BCUT2D eigenvalue weighted by molar-refractivity contribution is 5.97. The summed E-state index contributed by atoms with van der Waals surface area (Å²) in [5, 5.41) is 0. The van der Waals surface area contributed by atoms with Crippen LogP contribution in [0.25, 0.3) is 0 Å². The van der Waals surface area contributed by atoms with Crippen LogP contribution in [0.1, 0.15) is 30.4 Å². The van der Waals surface area contributed by atoms with E-state index in [9.17, 15) is 9.59 Å². The van der Waals surface area contributed by atoms with Crippen LogP contribution in [0.15, 0.2) is 6.20 Å². The molecular weight excluding hydrogens is 246 g/mol. The number of carbonyl (C=O) groups is 2. The van der Waals surface area contributed by atoms with Gasteiger partial charge in [0.15, 0.2) is 17.4 Å². The summed E-state index contributed by atoms with van der Waals surface area (Å²) in [7, 11) is 0. The Kier molecular flexibility index (Phi) is 2.62. The standard InChI is InChI=1S/C12H15N5O2/c1-2-9(18)10-14-5-8-11(15-10)17(12(13)19)7-3-4-16(8)6-7/h5,7H,2-4,6H2,1H3,(H2,13,19). The van der Waals surface area contributed by atoms with Gasteiger partial charge in [0, 0.05) is 19.5 Å². The molecule has 1 atom stereocenters. The van der Waals surface area contributed by atoms with Crippen LogP contribution in [0.2, 0.25) is 0 Å². The van der Waals surface area contributed by atoms with Gasteiger partial charge < -0.3 is 10.6 Å². The zero-order chi connectivity index (χ0) is 13.6. The fraction of sp³-hybridized carbons (Fsp3) is 0.500. The van der Waals surface area contributed by atoms with Gasteiger partial charge in [-0.1, -0.05) is 6.92 Å². The van der Waals surface area contributed by atoms with E-state index in [1.54, 1.807) is 13.1 Å². The predicted octanol–water partition coefficient (Wildman–Crippen LogP) is 0.547. The lowest BCUT2D eigenvalue weighted by Gasteiger charge is -2.34. The van der Waals surface area contributed by atoms with Gasteiger partial charge in [0.25, 0.3) is 0 Å². The number of Topliss-reactive ketones (excluding diaryl/α,β-unsaturated/α-hetero) is 1. The Morgan fingerprint density at radius 3 is 3.00 bits per heavy atom. The lowest BCUT2D eigenvalue weighted by Crippen LogP contribution is -2.49. The maximum absolute atomic E-state index is 11.7. The van der Waals surface area contributed by atoms with E-state index in [0.29, 0.717) is 12.2 Å². The zero-order valence-corrected chi connectivity index (χ0v) is 10.7. The van der Waals surface area contributed by atoms with E-state index >= 15 is 0 Å². The second-order valence-corrected chi connectivity index (χ2v) is 4.78. The number of anilines is 2. The molecule has 1 aromatic heterocycles. The number of rotatable bonds is 2. The molecule has 0 aromatic carbocycles. The van der Waals surface area contributed by atoms with Gasteiger partial charge >= 0.3 is 6.03 Å². The largest absolute Gasteiger partial charge is 0.365 e. The van der Waals surface area contributed by atoms with Gasteiger partial charge in [-0.25, -0.2) is 14.8 Å². The Labute approximate surface area is 110 Å². The van der Waals surface area contributed by atoms with Crippen molar-refractivity contribution in [2.75, 3.05) is 22.9 Å².